The monoisotopic (exact) mass is 445 g/mol. The molecule has 0 N–H and O–H groups in total. The zero-order valence-electron chi connectivity index (χ0n) is 18.4. The lowest BCUT2D eigenvalue weighted by atomic mass is 10.0. The van der Waals surface area contributed by atoms with Crippen molar-refractivity contribution < 1.29 is 31.2 Å². The number of esters is 1. The summed E-state index contributed by atoms with van der Waals surface area (Å²) in [5.41, 5.74) is 2.00. The predicted octanol–water partition coefficient (Wildman–Crippen LogP) is 1.67. The summed E-state index contributed by atoms with van der Waals surface area (Å²) in [7, 11) is 2.17. The Labute approximate surface area is 186 Å². The van der Waals surface area contributed by atoms with Crippen molar-refractivity contribution in [2.24, 2.45) is 5.92 Å². The molecule has 0 aliphatic carbocycles. The maximum absolute atomic E-state index is 12.2. The quantitative estimate of drug-likeness (QED) is 0.294. The third kappa shape index (κ3) is 7.23. The van der Waals surface area contributed by atoms with Crippen LogP contribution in [0.2, 0.25) is 0 Å². The molecular weight excluding hydrogens is 410 g/mol. The van der Waals surface area contributed by atoms with Crippen LogP contribution >= 0.6 is 11.7 Å². The van der Waals surface area contributed by atoms with Crippen LogP contribution in [0.3, 0.4) is 0 Å². The minimum atomic E-state index is -0.149. The van der Waals surface area contributed by atoms with Crippen molar-refractivity contribution in [3.05, 3.63) is 11.8 Å². The Morgan fingerprint density at radius 2 is 2.00 bits per heavy atom. The fourth-order valence-electron chi connectivity index (χ4n) is 3.57. The van der Waals surface area contributed by atoms with Crippen LogP contribution in [0.5, 0.6) is 5.88 Å². The van der Waals surface area contributed by atoms with Gasteiger partial charge in [0.05, 0.1) is 37.8 Å². The molecule has 0 radical (unpaired) electrons. The number of rotatable bonds is 11. The molecule has 0 fully saturated rings. The van der Waals surface area contributed by atoms with Gasteiger partial charge >= 0.3 is 5.97 Å². The summed E-state index contributed by atoms with van der Waals surface area (Å²) >= 11 is 1.20. The largest absolute Gasteiger partial charge is 1.00 e. The van der Waals surface area contributed by atoms with E-state index in [9.17, 15) is 4.79 Å². The number of carbonyl (C=O) groups excluding carboxylic acids is 1. The molecule has 1 aliphatic heterocycles. The van der Waals surface area contributed by atoms with Crippen LogP contribution in [0.4, 0.5) is 0 Å². The Bertz CT molecular complexity index is 665. The van der Waals surface area contributed by atoms with Gasteiger partial charge in [-0.15, -0.1) is 4.37 Å². The predicted molar refractivity (Wildman–Crippen MR) is 113 cm³/mol. The number of unbranched alkanes of at least 4 members (excludes halogenated alkanes) is 3. The summed E-state index contributed by atoms with van der Waals surface area (Å²) in [5.74, 6) is 0.401. The van der Waals surface area contributed by atoms with E-state index in [2.05, 4.69) is 35.7 Å². The maximum atomic E-state index is 12.2. The third-order valence-corrected chi connectivity index (χ3v) is 5.84. The highest BCUT2D eigenvalue weighted by Gasteiger charge is 2.38. The standard InChI is InChI=1S/C21H36N3O3S.ClH/c1-6-8-9-10-14-26-20-19(22-28-23-20)17-12-11-13-24(5,15-17)18(7-2)27-21(25)16(3)4;/h12,16,18H,6-11,13-15H2,1-5H3;1H/q+1;/p-1. The summed E-state index contributed by atoms with van der Waals surface area (Å²) in [6, 6.07) is 0. The number of hydrogen-bond donors (Lipinski definition) is 0. The lowest BCUT2D eigenvalue weighted by molar-refractivity contribution is -0.947. The molecule has 0 spiro atoms. The van der Waals surface area contributed by atoms with Gasteiger partial charge in [0, 0.05) is 18.4 Å². The van der Waals surface area contributed by atoms with E-state index in [1.807, 2.05) is 13.8 Å². The van der Waals surface area contributed by atoms with Crippen molar-refractivity contribution in [2.45, 2.75) is 72.4 Å². The molecule has 1 aromatic heterocycles. The summed E-state index contributed by atoms with van der Waals surface area (Å²) in [5, 5.41) is 0. The molecule has 166 valence electrons. The molecule has 0 bridgehead atoms. The second kappa shape index (κ2) is 12.5. The number of aromatic nitrogens is 2. The highest BCUT2D eigenvalue weighted by Crippen LogP contribution is 2.32. The first-order valence-corrected chi connectivity index (χ1v) is 11.3. The lowest BCUT2D eigenvalue weighted by Gasteiger charge is -2.42. The van der Waals surface area contributed by atoms with Crippen molar-refractivity contribution in [1.29, 1.82) is 0 Å². The molecule has 2 unspecified atom stereocenters. The first-order chi connectivity index (χ1) is 13.4. The number of halogens is 1. The van der Waals surface area contributed by atoms with Crippen molar-refractivity contribution in [1.82, 2.24) is 8.75 Å². The van der Waals surface area contributed by atoms with Crippen LogP contribution in [-0.2, 0) is 9.53 Å². The van der Waals surface area contributed by atoms with Crippen LogP contribution < -0.4 is 17.1 Å². The first kappa shape index (κ1) is 25.9. The van der Waals surface area contributed by atoms with E-state index >= 15 is 0 Å². The highest BCUT2D eigenvalue weighted by atomic mass is 35.5. The van der Waals surface area contributed by atoms with Gasteiger partial charge in [0.1, 0.15) is 12.2 Å². The number of quaternary nitrogens is 1. The topological polar surface area (TPSA) is 61.3 Å². The molecule has 0 amide bonds. The van der Waals surface area contributed by atoms with Gasteiger partial charge in [-0.1, -0.05) is 53.0 Å². The Balaban J connectivity index is 0.00000420. The number of ether oxygens (including phenoxy) is 2. The average molecular weight is 446 g/mol. The van der Waals surface area contributed by atoms with Crippen molar-refractivity contribution >= 4 is 23.3 Å². The molecule has 1 aliphatic rings. The third-order valence-electron chi connectivity index (χ3n) is 5.33. The second-order valence-corrected chi connectivity index (χ2v) is 8.69. The minimum absolute atomic E-state index is 0. The van der Waals surface area contributed by atoms with E-state index in [-0.39, 0.29) is 30.5 Å². The van der Waals surface area contributed by atoms with Gasteiger partial charge in [-0.2, -0.15) is 4.37 Å². The minimum Gasteiger partial charge on any atom is -1.00 e. The summed E-state index contributed by atoms with van der Waals surface area (Å²) in [4.78, 5) is 12.2. The van der Waals surface area contributed by atoms with Gasteiger partial charge < -0.3 is 21.9 Å². The van der Waals surface area contributed by atoms with Gasteiger partial charge in [0.15, 0.2) is 0 Å². The molecule has 0 aromatic carbocycles. The van der Waals surface area contributed by atoms with E-state index in [1.54, 1.807) is 0 Å². The first-order valence-electron chi connectivity index (χ1n) is 10.6. The molecule has 1 aromatic rings. The summed E-state index contributed by atoms with van der Waals surface area (Å²) in [6.07, 6.45) is 8.47. The van der Waals surface area contributed by atoms with Crippen molar-refractivity contribution in [2.75, 3.05) is 26.7 Å². The normalized spacial score (nSPS) is 20.0. The smallest absolute Gasteiger partial charge is 0.312 e. The molecular formula is C21H36ClN3O3S. The molecule has 2 heterocycles. The van der Waals surface area contributed by atoms with Gasteiger partial charge in [0.25, 0.3) is 5.88 Å². The fraction of sp³-hybridized carbons (Fsp3) is 0.762. The molecule has 0 saturated carbocycles. The van der Waals surface area contributed by atoms with Crippen LogP contribution in [0.15, 0.2) is 6.08 Å². The van der Waals surface area contributed by atoms with Crippen LogP contribution in [-0.4, -0.2) is 52.2 Å². The van der Waals surface area contributed by atoms with Crippen molar-refractivity contribution in [3.8, 4) is 5.88 Å². The molecule has 29 heavy (non-hydrogen) atoms. The van der Waals surface area contributed by atoms with E-state index in [4.69, 9.17) is 9.47 Å². The van der Waals surface area contributed by atoms with E-state index in [0.29, 0.717) is 17.0 Å². The second-order valence-electron chi connectivity index (χ2n) is 8.16. The Hall–Kier alpha value is -1.18. The molecule has 0 saturated heterocycles. The van der Waals surface area contributed by atoms with Gasteiger partial charge in [-0.25, -0.2) is 0 Å². The zero-order chi connectivity index (χ0) is 20.6. The number of likely N-dealkylation sites (N-methyl/N-ethyl adjacent to an activating group) is 1. The maximum Gasteiger partial charge on any atom is 0.312 e. The molecule has 2 rings (SSSR count). The van der Waals surface area contributed by atoms with Crippen LogP contribution in [0, 0.1) is 5.92 Å². The Kier molecular flexibility index (Phi) is 11.1. The molecule has 6 nitrogen and oxygen atoms in total. The SMILES string of the molecule is CCCCCCOc1nsnc1C1=CCC[N+](C)(C(CC)OC(=O)C(C)C)C1.[Cl-]. The molecule has 2 atom stereocenters. The Morgan fingerprint density at radius 1 is 1.24 bits per heavy atom. The van der Waals surface area contributed by atoms with Crippen LogP contribution in [0.25, 0.3) is 5.57 Å². The van der Waals surface area contributed by atoms with Crippen molar-refractivity contribution in [3.63, 3.8) is 0 Å². The number of nitrogens with zero attached hydrogens (tertiary/aromatic N) is 3. The van der Waals surface area contributed by atoms with Gasteiger partial charge in [-0.3, -0.25) is 9.28 Å². The lowest BCUT2D eigenvalue weighted by Crippen LogP contribution is -3.00. The fourth-order valence-corrected chi connectivity index (χ4v) is 4.11. The van der Waals surface area contributed by atoms with Crippen LogP contribution in [0.1, 0.15) is 71.9 Å². The number of carbonyl (C=O) groups is 1. The van der Waals surface area contributed by atoms with Gasteiger partial charge in [-0.05, 0) is 6.42 Å². The zero-order valence-corrected chi connectivity index (χ0v) is 20.0. The van der Waals surface area contributed by atoms with E-state index in [1.165, 1.54) is 31.0 Å². The molecule has 8 heteroatoms. The van der Waals surface area contributed by atoms with Gasteiger partial charge in [0.2, 0.25) is 6.23 Å². The van der Waals surface area contributed by atoms with E-state index < -0.39 is 0 Å². The average Bonchev–Trinajstić information content (AvgIpc) is 3.14. The van der Waals surface area contributed by atoms with E-state index in [0.717, 1.165) is 43.6 Å². The summed E-state index contributed by atoms with van der Waals surface area (Å²) < 4.78 is 21.3. The number of hydrogen-bond acceptors (Lipinski definition) is 6. The Morgan fingerprint density at radius 3 is 2.66 bits per heavy atom. The summed E-state index contributed by atoms with van der Waals surface area (Å²) in [6.45, 7) is 10.4. The highest BCUT2D eigenvalue weighted by molar-refractivity contribution is 6.99.